The van der Waals surface area contributed by atoms with Crippen LogP contribution in [-0.2, 0) is 9.53 Å². The summed E-state index contributed by atoms with van der Waals surface area (Å²) >= 11 is 6.39. The summed E-state index contributed by atoms with van der Waals surface area (Å²) in [6.07, 6.45) is 3.44. The van der Waals surface area contributed by atoms with E-state index in [2.05, 4.69) is 4.90 Å². The summed E-state index contributed by atoms with van der Waals surface area (Å²) in [5.74, 6) is -0.970. The second-order valence-corrected chi connectivity index (χ2v) is 7.13. The molecule has 0 unspecified atom stereocenters. The molecule has 1 heterocycles. The van der Waals surface area contributed by atoms with Gasteiger partial charge in [0, 0.05) is 29.2 Å². The van der Waals surface area contributed by atoms with E-state index in [0.29, 0.717) is 24.7 Å². The minimum Gasteiger partial charge on any atom is -0.499 e. The first kappa shape index (κ1) is 19.5. The summed E-state index contributed by atoms with van der Waals surface area (Å²) < 4.78 is 5.85. The molecule has 2 aromatic rings. The Morgan fingerprint density at radius 2 is 1.93 bits per heavy atom. The van der Waals surface area contributed by atoms with Gasteiger partial charge in [0.1, 0.15) is 6.61 Å². The molecule has 27 heavy (non-hydrogen) atoms. The normalized spacial score (nSPS) is 18.3. The SMILES string of the molecule is O=C(O)[C@@H]1CCCN(CCOC=C(c2ccccc2)c2ccccc2Cl)C1. The third-order valence-corrected chi connectivity index (χ3v) is 5.16. The topological polar surface area (TPSA) is 49.8 Å². The Morgan fingerprint density at radius 1 is 1.19 bits per heavy atom. The van der Waals surface area contributed by atoms with Crippen molar-refractivity contribution < 1.29 is 14.6 Å². The number of likely N-dealkylation sites (tertiary alicyclic amines) is 1. The number of hydrogen-bond donors (Lipinski definition) is 1. The molecule has 5 heteroatoms. The lowest BCUT2D eigenvalue weighted by atomic mass is 9.98. The number of piperidine rings is 1. The molecule has 4 nitrogen and oxygen atoms in total. The summed E-state index contributed by atoms with van der Waals surface area (Å²) in [5.41, 5.74) is 2.90. The Hall–Kier alpha value is -2.30. The number of ether oxygens (including phenoxy) is 1. The molecule has 0 amide bonds. The van der Waals surface area contributed by atoms with Crippen LogP contribution in [0, 0.1) is 5.92 Å². The summed E-state index contributed by atoms with van der Waals surface area (Å²) in [5, 5.41) is 9.88. The molecule has 0 bridgehead atoms. The number of aliphatic carboxylic acids is 1. The van der Waals surface area contributed by atoms with Crippen molar-refractivity contribution in [2.75, 3.05) is 26.2 Å². The van der Waals surface area contributed by atoms with Crippen LogP contribution in [-0.4, -0.2) is 42.2 Å². The number of halogens is 1. The van der Waals surface area contributed by atoms with Gasteiger partial charge >= 0.3 is 5.97 Å². The lowest BCUT2D eigenvalue weighted by Crippen LogP contribution is -2.40. The average Bonchev–Trinajstić information content (AvgIpc) is 2.70. The van der Waals surface area contributed by atoms with Crippen molar-refractivity contribution in [2.24, 2.45) is 5.92 Å². The predicted octanol–water partition coefficient (Wildman–Crippen LogP) is 4.54. The van der Waals surface area contributed by atoms with Crippen LogP contribution in [0.2, 0.25) is 5.02 Å². The average molecular weight is 386 g/mol. The number of hydrogen-bond acceptors (Lipinski definition) is 3. The molecular weight excluding hydrogens is 362 g/mol. The van der Waals surface area contributed by atoms with Crippen molar-refractivity contribution in [3.63, 3.8) is 0 Å². The molecule has 0 aromatic heterocycles. The van der Waals surface area contributed by atoms with Gasteiger partial charge in [-0.2, -0.15) is 0 Å². The molecule has 1 fully saturated rings. The second kappa shape index (κ2) is 9.58. The van der Waals surface area contributed by atoms with Gasteiger partial charge in [-0.3, -0.25) is 9.69 Å². The first-order valence-corrected chi connectivity index (χ1v) is 9.60. The number of carbonyl (C=O) groups is 1. The van der Waals surface area contributed by atoms with Gasteiger partial charge < -0.3 is 9.84 Å². The third-order valence-electron chi connectivity index (χ3n) is 4.83. The zero-order valence-corrected chi connectivity index (χ0v) is 15.9. The zero-order chi connectivity index (χ0) is 19.1. The monoisotopic (exact) mass is 385 g/mol. The molecule has 0 aliphatic carbocycles. The highest BCUT2D eigenvalue weighted by Gasteiger charge is 2.24. The molecule has 142 valence electrons. The third kappa shape index (κ3) is 5.34. The molecular formula is C22H24ClNO3. The van der Waals surface area contributed by atoms with Gasteiger partial charge in [0.05, 0.1) is 12.2 Å². The molecule has 1 N–H and O–H groups in total. The fraction of sp³-hybridized carbons (Fsp3) is 0.318. The highest BCUT2D eigenvalue weighted by Crippen LogP contribution is 2.29. The van der Waals surface area contributed by atoms with E-state index in [1.165, 1.54) is 0 Å². The molecule has 1 atom stereocenters. The van der Waals surface area contributed by atoms with Gasteiger partial charge in [0.15, 0.2) is 0 Å². The van der Waals surface area contributed by atoms with Crippen LogP contribution >= 0.6 is 11.6 Å². The van der Waals surface area contributed by atoms with E-state index in [9.17, 15) is 9.90 Å². The number of carboxylic acids is 1. The largest absolute Gasteiger partial charge is 0.499 e. The van der Waals surface area contributed by atoms with Crippen LogP contribution in [0.4, 0.5) is 0 Å². The highest BCUT2D eigenvalue weighted by molar-refractivity contribution is 6.32. The van der Waals surface area contributed by atoms with E-state index in [4.69, 9.17) is 16.3 Å². The van der Waals surface area contributed by atoms with E-state index >= 15 is 0 Å². The van der Waals surface area contributed by atoms with Crippen molar-refractivity contribution in [1.82, 2.24) is 4.90 Å². The number of nitrogens with zero attached hydrogens (tertiary/aromatic N) is 1. The fourth-order valence-electron chi connectivity index (χ4n) is 3.37. The summed E-state index contributed by atoms with van der Waals surface area (Å²) in [6.45, 7) is 2.74. The van der Waals surface area contributed by atoms with E-state index < -0.39 is 5.97 Å². The van der Waals surface area contributed by atoms with Crippen LogP contribution in [0.25, 0.3) is 5.57 Å². The van der Waals surface area contributed by atoms with Crippen molar-refractivity contribution in [3.8, 4) is 0 Å². The molecule has 2 aromatic carbocycles. The first-order chi connectivity index (χ1) is 13.1. The van der Waals surface area contributed by atoms with Gasteiger partial charge in [0.2, 0.25) is 0 Å². The Morgan fingerprint density at radius 3 is 2.67 bits per heavy atom. The van der Waals surface area contributed by atoms with Crippen LogP contribution in [0.1, 0.15) is 24.0 Å². The van der Waals surface area contributed by atoms with Gasteiger partial charge in [0.25, 0.3) is 0 Å². The van der Waals surface area contributed by atoms with Crippen molar-refractivity contribution in [3.05, 3.63) is 77.0 Å². The van der Waals surface area contributed by atoms with Gasteiger partial charge in [-0.05, 0) is 31.0 Å². The lowest BCUT2D eigenvalue weighted by molar-refractivity contribution is -0.143. The standard InChI is InChI=1S/C22H24ClNO3/c23-21-11-5-4-10-19(21)20(17-7-2-1-3-8-17)16-27-14-13-24-12-6-9-18(15-24)22(25)26/h1-5,7-8,10-11,16,18H,6,9,12-15H2,(H,25,26)/t18-/m1/s1. The second-order valence-electron chi connectivity index (χ2n) is 6.73. The minimum atomic E-state index is -0.703. The zero-order valence-electron chi connectivity index (χ0n) is 15.2. The quantitative estimate of drug-likeness (QED) is 0.561. The van der Waals surface area contributed by atoms with E-state index in [-0.39, 0.29) is 5.92 Å². The maximum atomic E-state index is 11.2. The number of rotatable bonds is 7. The van der Waals surface area contributed by atoms with Gasteiger partial charge in [-0.25, -0.2) is 0 Å². The summed E-state index contributed by atoms with van der Waals surface area (Å²) in [4.78, 5) is 13.3. The van der Waals surface area contributed by atoms with E-state index in [1.807, 2.05) is 54.6 Å². The van der Waals surface area contributed by atoms with Crippen molar-refractivity contribution >= 4 is 23.1 Å². The molecule has 1 aliphatic heterocycles. The van der Waals surface area contributed by atoms with Crippen LogP contribution < -0.4 is 0 Å². The van der Waals surface area contributed by atoms with Gasteiger partial charge in [-0.1, -0.05) is 60.1 Å². The van der Waals surface area contributed by atoms with E-state index in [0.717, 1.165) is 36.1 Å². The molecule has 1 saturated heterocycles. The molecule has 0 radical (unpaired) electrons. The van der Waals surface area contributed by atoms with E-state index in [1.54, 1.807) is 6.26 Å². The van der Waals surface area contributed by atoms with Crippen molar-refractivity contribution in [1.29, 1.82) is 0 Å². The molecule has 0 saturated carbocycles. The maximum absolute atomic E-state index is 11.2. The fourth-order valence-corrected chi connectivity index (χ4v) is 3.61. The van der Waals surface area contributed by atoms with Crippen LogP contribution in [0.15, 0.2) is 60.9 Å². The lowest BCUT2D eigenvalue weighted by Gasteiger charge is -2.30. The Labute approximate surface area is 165 Å². The van der Waals surface area contributed by atoms with Gasteiger partial charge in [-0.15, -0.1) is 0 Å². The number of carboxylic acid groups (broad SMARTS) is 1. The molecule has 3 rings (SSSR count). The Bertz CT molecular complexity index is 791. The van der Waals surface area contributed by atoms with Crippen molar-refractivity contribution in [2.45, 2.75) is 12.8 Å². The predicted molar refractivity (Wildman–Crippen MR) is 108 cm³/mol. The Balaban J connectivity index is 1.66. The molecule has 1 aliphatic rings. The smallest absolute Gasteiger partial charge is 0.307 e. The number of benzene rings is 2. The maximum Gasteiger partial charge on any atom is 0.307 e. The molecule has 0 spiro atoms. The highest BCUT2D eigenvalue weighted by atomic mass is 35.5. The van der Waals surface area contributed by atoms with Crippen LogP contribution in [0.3, 0.4) is 0 Å². The Kier molecular flexibility index (Phi) is 6.91. The minimum absolute atomic E-state index is 0.266. The summed E-state index contributed by atoms with van der Waals surface area (Å²) in [7, 11) is 0. The van der Waals surface area contributed by atoms with Crippen LogP contribution in [0.5, 0.6) is 0 Å². The summed E-state index contributed by atoms with van der Waals surface area (Å²) in [6, 6.07) is 17.7. The first-order valence-electron chi connectivity index (χ1n) is 9.22.